The lowest BCUT2D eigenvalue weighted by atomic mass is 10.0. The molecule has 0 radical (unpaired) electrons. The number of halogens is 3. The van der Waals surface area contributed by atoms with Gasteiger partial charge in [0, 0.05) is 12.2 Å². The summed E-state index contributed by atoms with van der Waals surface area (Å²) in [4.78, 5) is 13.3. The molecule has 0 atom stereocenters. The summed E-state index contributed by atoms with van der Waals surface area (Å²) in [6.07, 6.45) is -4.75. The van der Waals surface area contributed by atoms with Crippen molar-refractivity contribution >= 4 is 11.7 Å². The predicted octanol–water partition coefficient (Wildman–Crippen LogP) is 3.98. The number of anilines is 1. The van der Waals surface area contributed by atoms with Crippen molar-refractivity contribution in [2.24, 2.45) is 11.6 Å². The van der Waals surface area contributed by atoms with Gasteiger partial charge in [-0.25, -0.2) is 4.79 Å². The molecule has 0 bridgehead atoms. The maximum atomic E-state index is 12.4. The number of alkyl halides is 3. The summed E-state index contributed by atoms with van der Waals surface area (Å²) in [5.74, 6) is 3.74. The van der Waals surface area contributed by atoms with Crippen LogP contribution in [0.5, 0.6) is 5.75 Å². The van der Waals surface area contributed by atoms with E-state index in [1.807, 2.05) is 59.5 Å². The Morgan fingerprint density at radius 1 is 0.941 bits per heavy atom. The van der Waals surface area contributed by atoms with Crippen LogP contribution in [-0.4, -0.2) is 24.0 Å². The van der Waals surface area contributed by atoms with Crippen molar-refractivity contribution in [2.75, 3.05) is 11.4 Å². The number of nitrogens with zero attached hydrogens (tertiary/aromatic N) is 1. The fourth-order valence-electron chi connectivity index (χ4n) is 3.33. The number of aliphatic carboxylic acids is 1. The van der Waals surface area contributed by atoms with Crippen LogP contribution in [0.2, 0.25) is 0 Å². The van der Waals surface area contributed by atoms with Crippen LogP contribution in [0.15, 0.2) is 90.3 Å². The first kappa shape index (κ1) is 24.5. The molecule has 0 fully saturated rings. The summed E-state index contributed by atoms with van der Waals surface area (Å²) in [6, 6.07) is 22.4. The molecule has 34 heavy (non-hydrogen) atoms. The molecule has 3 aromatic rings. The van der Waals surface area contributed by atoms with E-state index in [0.717, 1.165) is 16.8 Å². The summed E-state index contributed by atoms with van der Waals surface area (Å²) < 4.78 is 41.0. The molecule has 0 spiro atoms. The molecule has 0 heterocycles. The zero-order valence-electron chi connectivity index (χ0n) is 17.9. The lowest BCUT2D eigenvalue weighted by molar-refractivity contribution is -0.274. The molecule has 6 N–H and O–H groups in total. The summed E-state index contributed by atoms with van der Waals surface area (Å²) in [7, 11) is 0. The van der Waals surface area contributed by atoms with Crippen LogP contribution in [0.25, 0.3) is 11.1 Å². The van der Waals surface area contributed by atoms with Crippen LogP contribution in [0.3, 0.4) is 0 Å². The predicted molar refractivity (Wildman–Crippen MR) is 122 cm³/mol. The molecule has 0 amide bonds. The van der Waals surface area contributed by atoms with Gasteiger partial charge < -0.3 is 25.9 Å². The minimum Gasteiger partial charge on any atom is -0.476 e. The number of carboxylic acids is 1. The number of rotatable bonds is 9. The van der Waals surface area contributed by atoms with Crippen molar-refractivity contribution in [3.8, 4) is 16.9 Å². The van der Waals surface area contributed by atoms with Crippen LogP contribution < -0.4 is 26.6 Å². The third-order valence-corrected chi connectivity index (χ3v) is 4.91. The molecule has 0 aromatic heterocycles. The standard InChI is InChI=1S/C24H23F3N4O3/c25-24(26,27)34-20-12-8-18(9-13-20)17-6-10-19(11-7-17)31(14-16-4-2-1-3-5-16)15-21(28)22(30-29)23(32)33/h1-13,30H,14-15,28-29H2,(H,32,33)/b22-21-. The van der Waals surface area contributed by atoms with Crippen LogP contribution in [-0.2, 0) is 11.3 Å². The lowest BCUT2D eigenvalue weighted by Crippen LogP contribution is -2.35. The number of hydrazine groups is 1. The maximum absolute atomic E-state index is 12.4. The van der Waals surface area contributed by atoms with Gasteiger partial charge >= 0.3 is 12.3 Å². The third kappa shape index (κ3) is 6.66. The average Bonchev–Trinajstić information content (AvgIpc) is 2.79. The molecule has 3 aromatic carbocycles. The van der Waals surface area contributed by atoms with Gasteiger partial charge in [0.25, 0.3) is 0 Å². The fraction of sp³-hybridized carbons (Fsp3) is 0.125. The number of benzene rings is 3. The van der Waals surface area contributed by atoms with Gasteiger partial charge in [0.05, 0.1) is 12.2 Å². The Balaban J connectivity index is 1.86. The van der Waals surface area contributed by atoms with Crippen molar-refractivity contribution in [1.29, 1.82) is 0 Å². The number of ether oxygens (including phenoxy) is 1. The van der Waals surface area contributed by atoms with Gasteiger partial charge in [-0.15, -0.1) is 13.2 Å². The highest BCUT2D eigenvalue weighted by atomic mass is 19.4. The smallest absolute Gasteiger partial charge is 0.476 e. The first-order valence-electron chi connectivity index (χ1n) is 10.1. The second-order valence-corrected chi connectivity index (χ2v) is 7.31. The number of nitrogens with one attached hydrogen (secondary N) is 1. The highest BCUT2D eigenvalue weighted by Crippen LogP contribution is 2.28. The average molecular weight is 472 g/mol. The van der Waals surface area contributed by atoms with Gasteiger partial charge in [0.15, 0.2) is 5.70 Å². The Hall–Kier alpha value is -4.18. The minimum absolute atomic E-state index is 0.0512. The van der Waals surface area contributed by atoms with Crippen molar-refractivity contribution in [1.82, 2.24) is 5.43 Å². The van der Waals surface area contributed by atoms with E-state index in [9.17, 15) is 23.1 Å². The van der Waals surface area contributed by atoms with Gasteiger partial charge in [-0.3, -0.25) is 5.84 Å². The highest BCUT2D eigenvalue weighted by molar-refractivity contribution is 5.86. The Bertz CT molecular complexity index is 1130. The van der Waals surface area contributed by atoms with Crippen molar-refractivity contribution < 1.29 is 27.8 Å². The maximum Gasteiger partial charge on any atom is 0.573 e. The zero-order valence-corrected chi connectivity index (χ0v) is 17.9. The fourth-order valence-corrected chi connectivity index (χ4v) is 3.33. The highest BCUT2D eigenvalue weighted by Gasteiger charge is 2.31. The zero-order chi connectivity index (χ0) is 24.7. The van der Waals surface area contributed by atoms with Gasteiger partial charge in [-0.2, -0.15) is 0 Å². The van der Waals surface area contributed by atoms with Gasteiger partial charge in [0.2, 0.25) is 0 Å². The molecule has 3 rings (SSSR count). The van der Waals surface area contributed by atoms with E-state index in [1.54, 1.807) is 0 Å². The topological polar surface area (TPSA) is 114 Å². The van der Waals surface area contributed by atoms with Crippen molar-refractivity contribution in [3.05, 3.63) is 95.8 Å². The Morgan fingerprint density at radius 2 is 1.50 bits per heavy atom. The van der Waals surface area contributed by atoms with Crippen molar-refractivity contribution in [2.45, 2.75) is 12.9 Å². The molecule has 10 heteroatoms. The van der Waals surface area contributed by atoms with Crippen LogP contribution in [0.1, 0.15) is 5.56 Å². The van der Waals surface area contributed by atoms with E-state index in [2.05, 4.69) is 10.2 Å². The number of carboxylic acid groups (broad SMARTS) is 1. The van der Waals surface area contributed by atoms with E-state index in [1.165, 1.54) is 24.3 Å². The van der Waals surface area contributed by atoms with Crippen LogP contribution in [0.4, 0.5) is 18.9 Å². The molecule has 0 aliphatic carbocycles. The third-order valence-electron chi connectivity index (χ3n) is 4.91. The van der Waals surface area contributed by atoms with Crippen molar-refractivity contribution in [3.63, 3.8) is 0 Å². The molecule has 0 unspecified atom stereocenters. The summed E-state index contributed by atoms with van der Waals surface area (Å²) >= 11 is 0. The molecular weight excluding hydrogens is 449 g/mol. The van der Waals surface area contributed by atoms with Crippen LogP contribution in [0, 0.1) is 0 Å². The second-order valence-electron chi connectivity index (χ2n) is 7.31. The molecular formula is C24H23F3N4O3. The van der Waals surface area contributed by atoms with Crippen LogP contribution >= 0.6 is 0 Å². The van der Waals surface area contributed by atoms with Gasteiger partial charge in [0.1, 0.15) is 5.75 Å². The van der Waals surface area contributed by atoms with Gasteiger partial charge in [-0.05, 0) is 41.0 Å². The molecule has 178 valence electrons. The molecule has 7 nitrogen and oxygen atoms in total. The quantitative estimate of drug-likeness (QED) is 0.212. The summed E-state index contributed by atoms with van der Waals surface area (Å²) in [5, 5.41) is 9.29. The van der Waals surface area contributed by atoms with E-state index >= 15 is 0 Å². The molecule has 0 saturated carbocycles. The van der Waals surface area contributed by atoms with E-state index < -0.39 is 12.3 Å². The van der Waals surface area contributed by atoms with Gasteiger partial charge in [-0.1, -0.05) is 54.6 Å². The number of nitrogens with two attached hydrogens (primary N) is 2. The normalized spacial score (nSPS) is 12.0. The SMILES string of the molecule is NN/C(C(=O)O)=C(\N)CN(Cc1ccccc1)c1ccc(-c2ccc(OC(F)(F)F)cc2)cc1. The minimum atomic E-state index is -4.75. The Morgan fingerprint density at radius 3 is 2.00 bits per heavy atom. The van der Waals surface area contributed by atoms with E-state index in [-0.39, 0.29) is 23.7 Å². The number of hydrogen-bond donors (Lipinski definition) is 4. The van der Waals surface area contributed by atoms with E-state index in [0.29, 0.717) is 12.1 Å². The second kappa shape index (κ2) is 10.6. The Kier molecular flexibility index (Phi) is 7.64. The summed E-state index contributed by atoms with van der Waals surface area (Å²) in [5.41, 5.74) is 11.1. The molecule has 0 saturated heterocycles. The molecule has 0 aliphatic heterocycles. The summed E-state index contributed by atoms with van der Waals surface area (Å²) in [6.45, 7) is 0.533. The first-order chi connectivity index (χ1) is 16.2. The van der Waals surface area contributed by atoms with E-state index in [4.69, 9.17) is 11.6 Å². The molecule has 0 aliphatic rings. The number of carbonyl (C=O) groups is 1. The first-order valence-corrected chi connectivity index (χ1v) is 10.1. The largest absolute Gasteiger partial charge is 0.573 e. The lowest BCUT2D eigenvalue weighted by Gasteiger charge is -2.26. The monoisotopic (exact) mass is 472 g/mol. The number of hydrogen-bond acceptors (Lipinski definition) is 6. The Labute approximate surface area is 194 Å².